The number of fused-ring (bicyclic) bond motifs is 2. The van der Waals surface area contributed by atoms with Crippen LogP contribution in [0.4, 0.5) is 0 Å². The van der Waals surface area contributed by atoms with Crippen LogP contribution < -0.4 is 5.56 Å². The molecule has 1 aromatic carbocycles. The predicted octanol–water partition coefficient (Wildman–Crippen LogP) is 0.845. The fourth-order valence-electron chi connectivity index (χ4n) is 3.62. The van der Waals surface area contributed by atoms with Gasteiger partial charge in [-0.3, -0.25) is 18.9 Å². The molecule has 0 radical (unpaired) electrons. The maximum absolute atomic E-state index is 12.7. The first-order chi connectivity index (χ1) is 14.2. The van der Waals surface area contributed by atoms with Gasteiger partial charge in [0.2, 0.25) is 5.91 Å². The van der Waals surface area contributed by atoms with Gasteiger partial charge < -0.3 is 4.90 Å². The number of carbonyl (C=O) groups excluding carboxylic acids is 1. The quantitative estimate of drug-likeness (QED) is 0.496. The van der Waals surface area contributed by atoms with E-state index in [4.69, 9.17) is 0 Å². The van der Waals surface area contributed by atoms with Crippen LogP contribution in [0.5, 0.6) is 0 Å². The van der Waals surface area contributed by atoms with Crippen LogP contribution in [0.1, 0.15) is 5.69 Å². The third-order valence-corrected chi connectivity index (χ3v) is 5.93. The van der Waals surface area contributed by atoms with E-state index in [1.165, 1.54) is 11.3 Å². The van der Waals surface area contributed by atoms with Crippen LogP contribution in [0.25, 0.3) is 16.0 Å². The highest BCUT2D eigenvalue weighted by atomic mass is 32.1. The van der Waals surface area contributed by atoms with Crippen molar-refractivity contribution in [3.8, 4) is 0 Å². The average molecular weight is 409 g/mol. The molecular formula is C19H19N7O2S. The third kappa shape index (κ3) is 3.52. The van der Waals surface area contributed by atoms with Gasteiger partial charge in [-0.15, -0.1) is 16.4 Å². The molecule has 9 nitrogen and oxygen atoms in total. The molecule has 0 aliphatic carbocycles. The van der Waals surface area contributed by atoms with E-state index in [-0.39, 0.29) is 18.0 Å². The second-order valence-corrected chi connectivity index (χ2v) is 7.91. The number of benzene rings is 1. The number of hydrogen-bond donors (Lipinski definition) is 0. The molecule has 5 rings (SSSR count). The van der Waals surface area contributed by atoms with Crippen molar-refractivity contribution in [2.45, 2.75) is 13.1 Å². The largest absolute Gasteiger partial charge is 0.339 e. The number of rotatable bonds is 4. The van der Waals surface area contributed by atoms with Crippen molar-refractivity contribution < 1.29 is 4.79 Å². The number of piperazine rings is 1. The molecule has 0 N–H and O–H groups in total. The second-order valence-electron chi connectivity index (χ2n) is 7.03. The summed E-state index contributed by atoms with van der Waals surface area (Å²) in [5, 5.41) is 10.1. The summed E-state index contributed by atoms with van der Waals surface area (Å²) in [5.41, 5.74) is 2.36. The van der Waals surface area contributed by atoms with E-state index >= 15 is 0 Å². The highest BCUT2D eigenvalue weighted by Crippen LogP contribution is 2.12. The van der Waals surface area contributed by atoms with E-state index in [2.05, 4.69) is 20.2 Å². The fraction of sp³-hybridized carbons (Fsp3) is 0.316. The van der Waals surface area contributed by atoms with E-state index < -0.39 is 0 Å². The first-order valence-corrected chi connectivity index (χ1v) is 10.3. The Hall–Kier alpha value is -3.11. The van der Waals surface area contributed by atoms with Gasteiger partial charge in [-0.2, -0.15) is 0 Å². The molecule has 29 heavy (non-hydrogen) atoms. The topological polar surface area (TPSA) is 88.6 Å². The van der Waals surface area contributed by atoms with Crippen molar-refractivity contribution in [2.24, 2.45) is 0 Å². The summed E-state index contributed by atoms with van der Waals surface area (Å²) in [4.78, 5) is 34.2. The minimum Gasteiger partial charge on any atom is -0.339 e. The number of nitrogens with zero attached hydrogens (tertiary/aromatic N) is 7. The number of carbonyl (C=O) groups is 1. The number of para-hydroxylation sites is 1. The first-order valence-electron chi connectivity index (χ1n) is 9.41. The Morgan fingerprint density at radius 2 is 1.97 bits per heavy atom. The zero-order chi connectivity index (χ0) is 19.8. The SMILES string of the molecule is O=C(Cn1nnc2ccccc21)N1CCN(Cc2cc(=O)n3ccsc3n2)CC1. The molecule has 4 heterocycles. The van der Waals surface area contributed by atoms with Gasteiger partial charge in [0.1, 0.15) is 12.1 Å². The van der Waals surface area contributed by atoms with Crippen LogP contribution in [-0.4, -0.2) is 66.3 Å². The van der Waals surface area contributed by atoms with E-state index in [9.17, 15) is 9.59 Å². The van der Waals surface area contributed by atoms with Gasteiger partial charge in [-0.25, -0.2) is 9.67 Å². The summed E-state index contributed by atoms with van der Waals surface area (Å²) < 4.78 is 3.20. The number of thiazole rings is 1. The molecule has 10 heteroatoms. The molecule has 0 atom stereocenters. The fourth-order valence-corrected chi connectivity index (χ4v) is 4.35. The lowest BCUT2D eigenvalue weighted by Crippen LogP contribution is -2.49. The molecule has 148 valence electrons. The average Bonchev–Trinajstić information content (AvgIpc) is 3.36. The molecule has 1 aliphatic heterocycles. The number of hydrogen-bond acceptors (Lipinski definition) is 7. The third-order valence-electron chi connectivity index (χ3n) is 5.17. The van der Waals surface area contributed by atoms with E-state index in [1.807, 2.05) is 34.5 Å². The zero-order valence-electron chi connectivity index (χ0n) is 15.6. The molecule has 0 unspecified atom stereocenters. The molecule has 1 saturated heterocycles. The Labute approximate surface area is 169 Å². The van der Waals surface area contributed by atoms with Crippen molar-refractivity contribution in [3.05, 3.63) is 58.0 Å². The Morgan fingerprint density at radius 3 is 2.83 bits per heavy atom. The number of amides is 1. The van der Waals surface area contributed by atoms with E-state index in [0.717, 1.165) is 29.8 Å². The van der Waals surface area contributed by atoms with Gasteiger partial charge in [0, 0.05) is 50.4 Å². The Bertz CT molecular complexity index is 1240. The lowest BCUT2D eigenvalue weighted by Gasteiger charge is -2.34. The molecule has 1 aliphatic rings. The van der Waals surface area contributed by atoms with Gasteiger partial charge in [-0.1, -0.05) is 17.3 Å². The maximum Gasteiger partial charge on any atom is 0.258 e. The highest BCUT2D eigenvalue weighted by Gasteiger charge is 2.22. The minimum absolute atomic E-state index is 0.0386. The van der Waals surface area contributed by atoms with Crippen LogP contribution in [0.3, 0.4) is 0 Å². The summed E-state index contributed by atoms with van der Waals surface area (Å²) in [6, 6.07) is 9.21. The Morgan fingerprint density at radius 1 is 1.14 bits per heavy atom. The first kappa shape index (κ1) is 18.0. The number of aromatic nitrogens is 5. The molecule has 0 spiro atoms. The molecule has 1 amide bonds. The Balaban J connectivity index is 1.20. The van der Waals surface area contributed by atoms with Gasteiger partial charge in [-0.05, 0) is 12.1 Å². The highest BCUT2D eigenvalue weighted by molar-refractivity contribution is 7.15. The van der Waals surface area contributed by atoms with Gasteiger partial charge in [0.25, 0.3) is 5.56 Å². The minimum atomic E-state index is -0.0554. The van der Waals surface area contributed by atoms with Crippen molar-refractivity contribution in [1.82, 2.24) is 34.2 Å². The van der Waals surface area contributed by atoms with Gasteiger partial charge in [0.15, 0.2) is 4.96 Å². The molecule has 3 aromatic heterocycles. The smallest absolute Gasteiger partial charge is 0.258 e. The molecular weight excluding hydrogens is 390 g/mol. The molecule has 1 fully saturated rings. The zero-order valence-corrected chi connectivity index (χ0v) is 16.5. The van der Waals surface area contributed by atoms with Crippen molar-refractivity contribution in [3.63, 3.8) is 0 Å². The van der Waals surface area contributed by atoms with Crippen LogP contribution in [0.2, 0.25) is 0 Å². The normalized spacial score (nSPS) is 15.4. The Kier molecular flexibility index (Phi) is 4.57. The van der Waals surface area contributed by atoms with Crippen molar-refractivity contribution in [1.29, 1.82) is 0 Å². The van der Waals surface area contributed by atoms with E-state index in [0.29, 0.717) is 24.6 Å². The summed E-state index contributed by atoms with van der Waals surface area (Å²) in [6.07, 6.45) is 1.74. The monoisotopic (exact) mass is 409 g/mol. The van der Waals surface area contributed by atoms with Crippen molar-refractivity contribution in [2.75, 3.05) is 26.2 Å². The van der Waals surface area contributed by atoms with Crippen molar-refractivity contribution >= 4 is 33.2 Å². The lowest BCUT2D eigenvalue weighted by atomic mass is 10.2. The second kappa shape index (κ2) is 7.37. The summed E-state index contributed by atoms with van der Waals surface area (Å²) in [6.45, 7) is 3.58. The standard InChI is InChI=1S/C19H19N7O2S/c27-17-11-14(20-19-25(17)9-10-29-19)12-23-5-7-24(8-6-23)18(28)13-26-16-4-2-1-3-15(16)21-22-26/h1-4,9-11H,5-8,12-13H2. The van der Waals surface area contributed by atoms with E-state index in [1.54, 1.807) is 21.3 Å². The van der Waals surface area contributed by atoms with Gasteiger partial charge >= 0.3 is 0 Å². The van der Waals surface area contributed by atoms with Crippen LogP contribution >= 0.6 is 11.3 Å². The lowest BCUT2D eigenvalue weighted by molar-refractivity contribution is -0.133. The molecule has 0 bridgehead atoms. The van der Waals surface area contributed by atoms with Crippen LogP contribution in [0.15, 0.2) is 46.7 Å². The van der Waals surface area contributed by atoms with Crippen LogP contribution in [-0.2, 0) is 17.9 Å². The maximum atomic E-state index is 12.7. The van der Waals surface area contributed by atoms with Gasteiger partial charge in [0.05, 0.1) is 11.2 Å². The van der Waals surface area contributed by atoms with Crippen LogP contribution in [0, 0.1) is 0 Å². The summed E-state index contributed by atoms with van der Waals surface area (Å²) in [5.74, 6) is 0.0386. The summed E-state index contributed by atoms with van der Waals surface area (Å²) in [7, 11) is 0. The predicted molar refractivity (Wildman–Crippen MR) is 109 cm³/mol. The summed E-state index contributed by atoms with van der Waals surface area (Å²) >= 11 is 1.45. The molecule has 4 aromatic rings. The molecule has 0 saturated carbocycles.